The number of piperidine rings is 1. The molecule has 1 aromatic rings. The molecule has 0 spiro atoms. The van der Waals surface area contributed by atoms with Gasteiger partial charge in [0.25, 0.3) is 0 Å². The molecule has 1 fully saturated rings. The van der Waals surface area contributed by atoms with Gasteiger partial charge in [-0.05, 0) is 25.0 Å². The summed E-state index contributed by atoms with van der Waals surface area (Å²) in [6.07, 6.45) is 1.28. The lowest BCUT2D eigenvalue weighted by Crippen LogP contribution is -2.36. The highest BCUT2D eigenvalue weighted by Crippen LogP contribution is 2.24. The number of nitrogens with zero attached hydrogens (tertiary/aromatic N) is 1. The first-order valence-electron chi connectivity index (χ1n) is 5.82. The number of methoxy groups -OCH3 is 1. The Bertz CT molecular complexity index is 397. The van der Waals surface area contributed by atoms with Crippen LogP contribution in [-0.4, -0.2) is 37.4 Å². The molecule has 1 aliphatic rings. The zero-order valence-electron chi connectivity index (χ0n) is 9.93. The molecular formula is C13H17NO3. The largest absolute Gasteiger partial charge is 0.465 e. The summed E-state index contributed by atoms with van der Waals surface area (Å²) in [6.45, 7) is 1.55. The van der Waals surface area contributed by atoms with Crippen LogP contribution in [0.1, 0.15) is 23.2 Å². The fraction of sp³-hybridized carbons (Fsp3) is 0.462. The number of para-hydroxylation sites is 1. The van der Waals surface area contributed by atoms with Crippen LogP contribution >= 0.6 is 0 Å². The Morgan fingerprint density at radius 2 is 2.00 bits per heavy atom. The number of aliphatic hydroxyl groups is 1. The number of rotatable bonds is 2. The monoisotopic (exact) mass is 235 g/mol. The van der Waals surface area contributed by atoms with Crippen LogP contribution in [0, 0.1) is 0 Å². The first kappa shape index (κ1) is 11.9. The fourth-order valence-corrected chi connectivity index (χ4v) is 2.14. The van der Waals surface area contributed by atoms with E-state index < -0.39 is 0 Å². The molecule has 0 radical (unpaired) electrons. The van der Waals surface area contributed by atoms with Crippen molar-refractivity contribution in [1.29, 1.82) is 0 Å². The van der Waals surface area contributed by atoms with Crippen LogP contribution in [0.4, 0.5) is 5.69 Å². The molecule has 4 nitrogen and oxygen atoms in total. The van der Waals surface area contributed by atoms with E-state index >= 15 is 0 Å². The summed E-state index contributed by atoms with van der Waals surface area (Å²) in [6, 6.07) is 7.43. The standard InChI is InChI=1S/C13H17NO3/c1-17-13(16)11-4-2-3-5-12(11)14-8-6-10(15)7-9-14/h2-5,10,15H,6-9H2,1H3. The van der Waals surface area contributed by atoms with E-state index in [4.69, 9.17) is 4.74 Å². The Labute approximate surface area is 101 Å². The molecule has 1 saturated heterocycles. The van der Waals surface area contributed by atoms with Crippen molar-refractivity contribution in [3.05, 3.63) is 29.8 Å². The Hall–Kier alpha value is -1.55. The molecule has 2 rings (SSSR count). The smallest absolute Gasteiger partial charge is 0.339 e. The van der Waals surface area contributed by atoms with Crippen molar-refractivity contribution in [3.8, 4) is 0 Å². The number of benzene rings is 1. The van der Waals surface area contributed by atoms with Crippen LogP contribution in [-0.2, 0) is 4.74 Å². The second-order valence-corrected chi connectivity index (χ2v) is 4.23. The predicted molar refractivity (Wildman–Crippen MR) is 65.2 cm³/mol. The van der Waals surface area contributed by atoms with Crippen molar-refractivity contribution in [1.82, 2.24) is 0 Å². The molecule has 0 aromatic heterocycles. The minimum Gasteiger partial charge on any atom is -0.465 e. The Balaban J connectivity index is 2.23. The first-order chi connectivity index (χ1) is 8.22. The average molecular weight is 235 g/mol. The average Bonchev–Trinajstić information content (AvgIpc) is 2.39. The van der Waals surface area contributed by atoms with Gasteiger partial charge in [-0.3, -0.25) is 0 Å². The molecule has 92 valence electrons. The van der Waals surface area contributed by atoms with Crippen LogP contribution in [0.5, 0.6) is 0 Å². The molecular weight excluding hydrogens is 218 g/mol. The molecule has 1 aliphatic heterocycles. The van der Waals surface area contributed by atoms with Crippen LogP contribution in [0.25, 0.3) is 0 Å². The summed E-state index contributed by atoms with van der Waals surface area (Å²) >= 11 is 0. The maximum atomic E-state index is 11.6. The number of hydrogen-bond acceptors (Lipinski definition) is 4. The molecule has 0 bridgehead atoms. The van der Waals surface area contributed by atoms with Crippen molar-refractivity contribution in [2.75, 3.05) is 25.1 Å². The van der Waals surface area contributed by atoms with E-state index in [-0.39, 0.29) is 12.1 Å². The second kappa shape index (κ2) is 5.19. The molecule has 4 heteroatoms. The Morgan fingerprint density at radius 3 is 2.65 bits per heavy atom. The zero-order valence-corrected chi connectivity index (χ0v) is 9.93. The van der Waals surface area contributed by atoms with Gasteiger partial charge in [0.15, 0.2) is 0 Å². The lowest BCUT2D eigenvalue weighted by atomic mass is 10.1. The van der Waals surface area contributed by atoms with Gasteiger partial charge in [-0.2, -0.15) is 0 Å². The van der Waals surface area contributed by atoms with Crippen LogP contribution in [0.3, 0.4) is 0 Å². The molecule has 0 atom stereocenters. The minimum absolute atomic E-state index is 0.212. The number of hydrogen-bond donors (Lipinski definition) is 1. The van der Waals surface area contributed by atoms with Gasteiger partial charge >= 0.3 is 5.97 Å². The summed E-state index contributed by atoms with van der Waals surface area (Å²) in [4.78, 5) is 13.8. The van der Waals surface area contributed by atoms with Gasteiger partial charge in [0, 0.05) is 13.1 Å². The van der Waals surface area contributed by atoms with Gasteiger partial charge < -0.3 is 14.7 Å². The lowest BCUT2D eigenvalue weighted by Gasteiger charge is -2.32. The zero-order chi connectivity index (χ0) is 12.3. The highest BCUT2D eigenvalue weighted by molar-refractivity contribution is 5.95. The van der Waals surface area contributed by atoms with E-state index in [2.05, 4.69) is 4.90 Å². The van der Waals surface area contributed by atoms with Crippen molar-refractivity contribution in [2.45, 2.75) is 18.9 Å². The SMILES string of the molecule is COC(=O)c1ccccc1N1CCC(O)CC1. The van der Waals surface area contributed by atoms with E-state index in [1.165, 1.54) is 7.11 Å². The molecule has 1 heterocycles. The summed E-state index contributed by atoms with van der Waals surface area (Å²) in [5, 5.41) is 9.48. The van der Waals surface area contributed by atoms with Gasteiger partial charge in [0.2, 0.25) is 0 Å². The Morgan fingerprint density at radius 1 is 1.35 bits per heavy atom. The van der Waals surface area contributed by atoms with Crippen molar-refractivity contribution in [2.24, 2.45) is 0 Å². The van der Waals surface area contributed by atoms with Crippen molar-refractivity contribution < 1.29 is 14.6 Å². The molecule has 17 heavy (non-hydrogen) atoms. The molecule has 1 N–H and O–H groups in total. The fourth-order valence-electron chi connectivity index (χ4n) is 2.14. The lowest BCUT2D eigenvalue weighted by molar-refractivity contribution is 0.0601. The summed E-state index contributed by atoms with van der Waals surface area (Å²) in [5.41, 5.74) is 1.48. The van der Waals surface area contributed by atoms with Gasteiger partial charge in [0.1, 0.15) is 0 Å². The van der Waals surface area contributed by atoms with E-state index in [1.807, 2.05) is 18.2 Å². The third-order valence-corrected chi connectivity index (χ3v) is 3.11. The van der Waals surface area contributed by atoms with Crippen LogP contribution in [0.15, 0.2) is 24.3 Å². The third kappa shape index (κ3) is 2.58. The number of carbonyl (C=O) groups is 1. The maximum Gasteiger partial charge on any atom is 0.339 e. The first-order valence-corrected chi connectivity index (χ1v) is 5.82. The number of esters is 1. The molecule has 1 aromatic carbocycles. The minimum atomic E-state index is -0.313. The number of ether oxygens (including phenoxy) is 1. The third-order valence-electron chi connectivity index (χ3n) is 3.11. The van der Waals surface area contributed by atoms with Gasteiger partial charge in [-0.15, -0.1) is 0 Å². The van der Waals surface area contributed by atoms with Crippen LogP contribution < -0.4 is 4.90 Å². The van der Waals surface area contributed by atoms with Gasteiger partial charge in [0.05, 0.1) is 24.5 Å². The van der Waals surface area contributed by atoms with Crippen LogP contribution in [0.2, 0.25) is 0 Å². The van der Waals surface area contributed by atoms with E-state index in [1.54, 1.807) is 6.07 Å². The number of carbonyl (C=O) groups excluding carboxylic acids is 1. The van der Waals surface area contributed by atoms with E-state index in [9.17, 15) is 9.90 Å². The highest BCUT2D eigenvalue weighted by Gasteiger charge is 2.21. The summed E-state index contributed by atoms with van der Waals surface area (Å²) in [7, 11) is 1.39. The topological polar surface area (TPSA) is 49.8 Å². The van der Waals surface area contributed by atoms with Crippen molar-refractivity contribution in [3.63, 3.8) is 0 Å². The predicted octanol–water partition coefficient (Wildman–Crippen LogP) is 1.43. The summed E-state index contributed by atoms with van der Waals surface area (Å²) in [5.74, 6) is -0.313. The van der Waals surface area contributed by atoms with E-state index in [0.29, 0.717) is 5.56 Å². The van der Waals surface area contributed by atoms with Gasteiger partial charge in [-0.1, -0.05) is 12.1 Å². The van der Waals surface area contributed by atoms with Crippen molar-refractivity contribution >= 4 is 11.7 Å². The van der Waals surface area contributed by atoms with Gasteiger partial charge in [-0.25, -0.2) is 4.79 Å². The molecule has 0 unspecified atom stereocenters. The second-order valence-electron chi connectivity index (χ2n) is 4.23. The quantitative estimate of drug-likeness (QED) is 0.788. The highest BCUT2D eigenvalue weighted by atomic mass is 16.5. The number of aliphatic hydroxyl groups excluding tert-OH is 1. The maximum absolute atomic E-state index is 11.6. The summed E-state index contributed by atoms with van der Waals surface area (Å²) < 4.78 is 4.77. The molecule has 0 amide bonds. The Kier molecular flexibility index (Phi) is 3.64. The van der Waals surface area contributed by atoms with E-state index in [0.717, 1.165) is 31.6 Å². The molecule has 0 aliphatic carbocycles. The molecule has 0 saturated carbocycles. The normalized spacial score (nSPS) is 16.9. The number of anilines is 1.